The van der Waals surface area contributed by atoms with Gasteiger partial charge in [0.1, 0.15) is 6.04 Å². The molecule has 42 valence electrons. The largest absolute Gasteiger partial charge is 0.465 e. The van der Waals surface area contributed by atoms with Gasteiger partial charge in [-0.1, -0.05) is 0 Å². The van der Waals surface area contributed by atoms with Crippen LogP contribution in [-0.2, 0) is 0 Å². The average Bonchev–Trinajstić information content (AvgIpc) is 2.42. The van der Waals surface area contributed by atoms with Crippen molar-refractivity contribution >= 4 is 6.09 Å². The zero-order valence-electron chi connectivity index (χ0n) is 4.03. The smallest absolute Gasteiger partial charge is 0.408 e. The Balaban J connectivity index is 2.40. The summed E-state index contributed by atoms with van der Waals surface area (Å²) in [6.07, 6.45) is -1.00. The quantitative estimate of drug-likeness (QED) is 0.444. The topological polar surface area (TPSA) is 64.1 Å². The number of carbonyl (C=O) groups is 1. The average molecular weight is 112 g/mol. The minimum atomic E-state index is -1.00. The Morgan fingerprint density at radius 2 is 2.62 bits per heavy atom. The summed E-state index contributed by atoms with van der Waals surface area (Å²) in [5.41, 5.74) is 0. The van der Waals surface area contributed by atoms with Crippen LogP contribution in [0.25, 0.3) is 0 Å². The van der Waals surface area contributed by atoms with Crippen molar-refractivity contribution < 1.29 is 9.90 Å². The monoisotopic (exact) mass is 112 g/mol. The van der Waals surface area contributed by atoms with Gasteiger partial charge in [0.15, 0.2) is 0 Å². The molecule has 0 saturated carbocycles. The number of amides is 1. The lowest BCUT2D eigenvalue weighted by Crippen LogP contribution is -2.08. The molecule has 1 amide bonds. The molecule has 0 aliphatic carbocycles. The lowest BCUT2D eigenvalue weighted by Gasteiger charge is -1.86. The summed E-state index contributed by atoms with van der Waals surface area (Å²) in [6, 6.07) is 1.45. The summed E-state index contributed by atoms with van der Waals surface area (Å²) >= 11 is 0. The fourth-order valence-electron chi connectivity index (χ4n) is 0.461. The van der Waals surface area contributed by atoms with Gasteiger partial charge in [-0.05, 0) is 0 Å². The van der Waals surface area contributed by atoms with Crippen molar-refractivity contribution in [2.24, 2.45) is 0 Å². The molecule has 0 aromatic rings. The molecule has 0 radical (unpaired) electrons. The van der Waals surface area contributed by atoms with Crippen molar-refractivity contribution in [1.82, 2.24) is 4.90 Å². The molecule has 1 atom stereocenters. The van der Waals surface area contributed by atoms with Gasteiger partial charge in [0.2, 0.25) is 0 Å². The van der Waals surface area contributed by atoms with Crippen LogP contribution in [0.4, 0.5) is 4.79 Å². The molecule has 1 N–H and O–H groups in total. The van der Waals surface area contributed by atoms with E-state index in [-0.39, 0.29) is 6.04 Å². The molecule has 0 bridgehead atoms. The third-order valence-corrected chi connectivity index (χ3v) is 1.01. The first-order chi connectivity index (χ1) is 3.75. The van der Waals surface area contributed by atoms with Gasteiger partial charge in [0.05, 0.1) is 12.6 Å². The highest BCUT2D eigenvalue weighted by Crippen LogP contribution is 2.14. The minimum absolute atomic E-state index is 0.368. The summed E-state index contributed by atoms with van der Waals surface area (Å²) in [5.74, 6) is 0. The second-order valence-corrected chi connectivity index (χ2v) is 1.58. The lowest BCUT2D eigenvalue weighted by atomic mass is 10.5. The van der Waals surface area contributed by atoms with Gasteiger partial charge in [-0.25, -0.2) is 4.79 Å². The zero-order valence-corrected chi connectivity index (χ0v) is 4.03. The predicted molar refractivity (Wildman–Crippen MR) is 24.1 cm³/mol. The van der Waals surface area contributed by atoms with Gasteiger partial charge in [-0.2, -0.15) is 5.26 Å². The van der Waals surface area contributed by atoms with E-state index in [1.54, 1.807) is 0 Å². The van der Waals surface area contributed by atoms with E-state index in [9.17, 15) is 4.79 Å². The fraction of sp³-hybridized carbons (Fsp3) is 0.500. The van der Waals surface area contributed by atoms with E-state index in [0.717, 1.165) is 4.90 Å². The van der Waals surface area contributed by atoms with E-state index in [1.165, 1.54) is 0 Å². The number of carboxylic acid groups (broad SMARTS) is 1. The minimum Gasteiger partial charge on any atom is -0.465 e. The van der Waals surface area contributed by atoms with E-state index in [4.69, 9.17) is 10.4 Å². The van der Waals surface area contributed by atoms with Crippen LogP contribution in [0.3, 0.4) is 0 Å². The van der Waals surface area contributed by atoms with Gasteiger partial charge in [0.25, 0.3) is 0 Å². The molecule has 1 aliphatic rings. The first kappa shape index (κ1) is 4.91. The second kappa shape index (κ2) is 1.37. The summed E-state index contributed by atoms with van der Waals surface area (Å²) in [7, 11) is 0. The molecular weight excluding hydrogens is 108 g/mol. The Labute approximate surface area is 45.9 Å². The van der Waals surface area contributed by atoms with Crippen LogP contribution < -0.4 is 0 Å². The summed E-state index contributed by atoms with van der Waals surface area (Å²) in [6.45, 7) is 0.381. The van der Waals surface area contributed by atoms with Crippen LogP contribution in [-0.4, -0.2) is 28.7 Å². The van der Waals surface area contributed by atoms with Crippen LogP contribution in [0.15, 0.2) is 0 Å². The summed E-state index contributed by atoms with van der Waals surface area (Å²) in [5, 5.41) is 16.2. The van der Waals surface area contributed by atoms with Crippen molar-refractivity contribution in [3.05, 3.63) is 0 Å². The maximum absolute atomic E-state index is 9.91. The van der Waals surface area contributed by atoms with Gasteiger partial charge < -0.3 is 5.11 Å². The highest BCUT2D eigenvalue weighted by atomic mass is 16.4. The van der Waals surface area contributed by atoms with Crippen LogP contribution in [0.2, 0.25) is 0 Å². The van der Waals surface area contributed by atoms with Crippen LogP contribution in [0.5, 0.6) is 0 Å². The molecule has 4 heteroatoms. The van der Waals surface area contributed by atoms with E-state index in [1.807, 2.05) is 6.07 Å². The Morgan fingerprint density at radius 3 is 2.75 bits per heavy atom. The van der Waals surface area contributed by atoms with Crippen molar-refractivity contribution in [2.45, 2.75) is 6.04 Å². The molecule has 1 aliphatic heterocycles. The summed E-state index contributed by atoms with van der Waals surface area (Å²) in [4.78, 5) is 11.0. The third kappa shape index (κ3) is 0.581. The molecule has 1 unspecified atom stereocenters. The SMILES string of the molecule is N#CC1CN1C(=O)O. The molecule has 1 rings (SSSR count). The zero-order chi connectivity index (χ0) is 6.15. The van der Waals surface area contributed by atoms with E-state index in [0.29, 0.717) is 6.54 Å². The molecule has 0 spiro atoms. The molecule has 1 heterocycles. The van der Waals surface area contributed by atoms with E-state index in [2.05, 4.69) is 0 Å². The molecule has 0 aromatic carbocycles. The van der Waals surface area contributed by atoms with Crippen molar-refractivity contribution in [1.29, 1.82) is 5.26 Å². The number of nitriles is 1. The Hall–Kier alpha value is -1.24. The van der Waals surface area contributed by atoms with Crippen LogP contribution in [0.1, 0.15) is 0 Å². The molecule has 1 fully saturated rings. The van der Waals surface area contributed by atoms with Crippen molar-refractivity contribution in [2.75, 3.05) is 6.54 Å². The molecule has 4 nitrogen and oxygen atoms in total. The van der Waals surface area contributed by atoms with Crippen LogP contribution in [0, 0.1) is 11.3 Å². The van der Waals surface area contributed by atoms with E-state index < -0.39 is 6.09 Å². The van der Waals surface area contributed by atoms with Gasteiger partial charge in [-0.15, -0.1) is 0 Å². The lowest BCUT2D eigenvalue weighted by molar-refractivity contribution is 0.178. The summed E-state index contributed by atoms with van der Waals surface area (Å²) < 4.78 is 0. The van der Waals surface area contributed by atoms with Gasteiger partial charge in [-0.3, -0.25) is 4.90 Å². The Bertz CT molecular complexity index is 160. The number of hydrogen-bond acceptors (Lipinski definition) is 2. The van der Waals surface area contributed by atoms with Crippen molar-refractivity contribution in [3.8, 4) is 6.07 Å². The third-order valence-electron chi connectivity index (χ3n) is 1.01. The standard InChI is InChI=1S/C4H4N2O2/c5-1-3-2-6(3)4(7)8/h3H,2H2,(H,7,8). The normalized spacial score (nSPS) is 24.4. The first-order valence-electron chi connectivity index (χ1n) is 2.15. The van der Waals surface area contributed by atoms with E-state index >= 15 is 0 Å². The molecule has 1 saturated heterocycles. The van der Waals surface area contributed by atoms with Gasteiger partial charge in [0, 0.05) is 0 Å². The number of hydrogen-bond donors (Lipinski definition) is 1. The Morgan fingerprint density at radius 1 is 2.00 bits per heavy atom. The second-order valence-electron chi connectivity index (χ2n) is 1.58. The highest BCUT2D eigenvalue weighted by Gasteiger charge is 2.38. The maximum Gasteiger partial charge on any atom is 0.408 e. The predicted octanol–water partition coefficient (Wildman–Crippen LogP) is -0.128. The van der Waals surface area contributed by atoms with Crippen LogP contribution >= 0.6 is 0 Å². The Kier molecular flexibility index (Phi) is 0.841. The molecule has 0 aromatic heterocycles. The first-order valence-corrected chi connectivity index (χ1v) is 2.15. The fourth-order valence-corrected chi connectivity index (χ4v) is 0.461. The number of rotatable bonds is 0. The molecular formula is C4H4N2O2. The van der Waals surface area contributed by atoms with Gasteiger partial charge >= 0.3 is 6.09 Å². The molecule has 8 heavy (non-hydrogen) atoms. The number of nitrogens with zero attached hydrogens (tertiary/aromatic N) is 2. The maximum atomic E-state index is 9.91. The van der Waals surface area contributed by atoms with Crippen molar-refractivity contribution in [3.63, 3.8) is 0 Å². The highest BCUT2D eigenvalue weighted by molar-refractivity contribution is 5.69.